The summed E-state index contributed by atoms with van der Waals surface area (Å²) in [6.45, 7) is 1.67. The van der Waals surface area contributed by atoms with Gasteiger partial charge >= 0.3 is 12.0 Å². The van der Waals surface area contributed by atoms with Crippen LogP contribution in [0, 0.1) is 0 Å². The van der Waals surface area contributed by atoms with Crippen molar-refractivity contribution in [3.8, 4) is 0 Å². The lowest BCUT2D eigenvalue weighted by atomic mass is 10.4. The highest BCUT2D eigenvalue weighted by Gasteiger charge is 2.00. The molecule has 0 rings (SSSR count). The lowest BCUT2D eigenvalue weighted by Gasteiger charge is -2.10. The van der Waals surface area contributed by atoms with E-state index >= 15 is 0 Å². The maximum atomic E-state index is 11.0. The van der Waals surface area contributed by atoms with Gasteiger partial charge in [0.15, 0.2) is 0 Å². The van der Waals surface area contributed by atoms with Crippen LogP contribution in [0.4, 0.5) is 4.79 Å². The van der Waals surface area contributed by atoms with Crippen molar-refractivity contribution in [2.45, 2.75) is 12.8 Å². The van der Waals surface area contributed by atoms with Crippen LogP contribution >= 0.6 is 0 Å². The largest absolute Gasteiger partial charge is 0.481 e. The van der Waals surface area contributed by atoms with E-state index in [1.54, 1.807) is 0 Å². The zero-order valence-electron chi connectivity index (χ0n) is 9.25. The predicted molar refractivity (Wildman–Crippen MR) is 56.8 cm³/mol. The van der Waals surface area contributed by atoms with E-state index in [2.05, 4.69) is 10.6 Å². The van der Waals surface area contributed by atoms with Crippen LogP contribution in [0.2, 0.25) is 0 Å². The first-order chi connectivity index (χ1) is 7.02. The van der Waals surface area contributed by atoms with Gasteiger partial charge in [-0.25, -0.2) is 4.79 Å². The van der Waals surface area contributed by atoms with Crippen molar-refractivity contribution < 1.29 is 14.7 Å². The number of rotatable bonds is 7. The van der Waals surface area contributed by atoms with E-state index in [1.807, 2.05) is 19.0 Å². The third kappa shape index (κ3) is 10.6. The second-order valence-electron chi connectivity index (χ2n) is 3.48. The molecule has 15 heavy (non-hydrogen) atoms. The number of hydrogen-bond donors (Lipinski definition) is 3. The van der Waals surface area contributed by atoms with E-state index in [-0.39, 0.29) is 19.0 Å². The molecule has 3 N–H and O–H groups in total. The molecule has 0 heterocycles. The first-order valence-electron chi connectivity index (χ1n) is 4.90. The Morgan fingerprint density at radius 3 is 2.33 bits per heavy atom. The number of hydrogen-bond acceptors (Lipinski definition) is 3. The van der Waals surface area contributed by atoms with Crippen molar-refractivity contribution in [2.24, 2.45) is 0 Å². The fraction of sp³-hybridized carbons (Fsp3) is 0.778. The number of carbonyl (C=O) groups excluding carboxylic acids is 1. The average Bonchev–Trinajstić information content (AvgIpc) is 2.11. The molecule has 0 aromatic rings. The Labute approximate surface area is 89.6 Å². The van der Waals surface area contributed by atoms with Gasteiger partial charge in [0.25, 0.3) is 0 Å². The highest BCUT2D eigenvalue weighted by Crippen LogP contribution is 1.81. The number of carboxylic acids is 1. The molecule has 0 saturated carbocycles. The molecule has 2 amide bonds. The Hall–Kier alpha value is -1.30. The minimum atomic E-state index is -0.914. The Kier molecular flexibility index (Phi) is 7.35. The Morgan fingerprint density at radius 2 is 1.80 bits per heavy atom. The molecule has 0 atom stereocenters. The zero-order chi connectivity index (χ0) is 11.7. The molecule has 0 aromatic carbocycles. The van der Waals surface area contributed by atoms with Gasteiger partial charge in [-0.15, -0.1) is 0 Å². The Balaban J connectivity index is 3.30. The average molecular weight is 217 g/mol. The quantitative estimate of drug-likeness (QED) is 0.512. The number of nitrogens with one attached hydrogen (secondary N) is 2. The molecule has 0 radical (unpaired) electrons. The van der Waals surface area contributed by atoms with E-state index < -0.39 is 5.97 Å². The molecule has 6 nitrogen and oxygen atoms in total. The molecule has 0 aliphatic heterocycles. The van der Waals surface area contributed by atoms with Crippen molar-refractivity contribution in [3.05, 3.63) is 0 Å². The zero-order valence-corrected chi connectivity index (χ0v) is 9.25. The van der Waals surface area contributed by atoms with Crippen LogP contribution < -0.4 is 10.6 Å². The van der Waals surface area contributed by atoms with E-state index in [9.17, 15) is 9.59 Å². The molecule has 0 fully saturated rings. The lowest BCUT2D eigenvalue weighted by molar-refractivity contribution is -0.136. The molecule has 88 valence electrons. The predicted octanol–water partition coefficient (Wildman–Crippen LogP) is -0.288. The van der Waals surface area contributed by atoms with Gasteiger partial charge in [0.05, 0.1) is 6.42 Å². The van der Waals surface area contributed by atoms with Crippen molar-refractivity contribution in [2.75, 3.05) is 33.7 Å². The van der Waals surface area contributed by atoms with Crippen molar-refractivity contribution >= 4 is 12.0 Å². The topological polar surface area (TPSA) is 81.7 Å². The summed E-state index contributed by atoms with van der Waals surface area (Å²) in [7, 11) is 3.93. The van der Waals surface area contributed by atoms with Gasteiger partial charge < -0.3 is 20.6 Å². The van der Waals surface area contributed by atoms with Crippen LogP contribution in [-0.4, -0.2) is 55.7 Å². The second-order valence-corrected chi connectivity index (χ2v) is 3.48. The highest BCUT2D eigenvalue weighted by atomic mass is 16.4. The van der Waals surface area contributed by atoms with Gasteiger partial charge in [0, 0.05) is 13.1 Å². The number of amides is 2. The highest BCUT2D eigenvalue weighted by molar-refractivity contribution is 5.74. The smallest absolute Gasteiger partial charge is 0.314 e. The number of urea groups is 1. The van der Waals surface area contributed by atoms with Crippen molar-refractivity contribution in [1.29, 1.82) is 0 Å². The molecule has 0 saturated heterocycles. The van der Waals surface area contributed by atoms with E-state index in [0.29, 0.717) is 6.54 Å². The van der Waals surface area contributed by atoms with Gasteiger partial charge in [-0.1, -0.05) is 0 Å². The minimum absolute atomic E-state index is 0.0505. The summed E-state index contributed by atoms with van der Waals surface area (Å²) in [4.78, 5) is 23.2. The van der Waals surface area contributed by atoms with Crippen LogP contribution in [0.1, 0.15) is 12.8 Å². The Bertz CT molecular complexity index is 207. The fourth-order valence-corrected chi connectivity index (χ4v) is 0.943. The summed E-state index contributed by atoms with van der Waals surface area (Å²) in [5.41, 5.74) is 0. The van der Waals surface area contributed by atoms with Gasteiger partial charge in [0.1, 0.15) is 0 Å². The first-order valence-corrected chi connectivity index (χ1v) is 4.90. The van der Waals surface area contributed by atoms with Gasteiger partial charge in [0.2, 0.25) is 0 Å². The summed E-state index contributed by atoms with van der Waals surface area (Å²) in [6, 6.07) is -0.310. The van der Waals surface area contributed by atoms with Crippen LogP contribution in [0.25, 0.3) is 0 Å². The summed E-state index contributed by atoms with van der Waals surface area (Å²) >= 11 is 0. The van der Waals surface area contributed by atoms with Gasteiger partial charge in [-0.05, 0) is 27.1 Å². The maximum absolute atomic E-state index is 11.0. The minimum Gasteiger partial charge on any atom is -0.481 e. The lowest BCUT2D eigenvalue weighted by Crippen LogP contribution is -2.37. The third-order valence-electron chi connectivity index (χ3n) is 1.69. The van der Waals surface area contributed by atoms with E-state index in [4.69, 9.17) is 5.11 Å². The van der Waals surface area contributed by atoms with E-state index in [1.165, 1.54) is 0 Å². The molecule has 0 bridgehead atoms. The van der Waals surface area contributed by atoms with E-state index in [0.717, 1.165) is 13.0 Å². The first kappa shape index (κ1) is 13.7. The molecule has 0 unspecified atom stereocenters. The summed E-state index contributed by atoms with van der Waals surface area (Å²) in [5, 5.41) is 13.4. The van der Waals surface area contributed by atoms with Crippen molar-refractivity contribution in [1.82, 2.24) is 15.5 Å². The van der Waals surface area contributed by atoms with Gasteiger partial charge in [-0.3, -0.25) is 4.79 Å². The number of aliphatic carboxylic acids is 1. The van der Waals surface area contributed by atoms with Crippen LogP contribution in [-0.2, 0) is 4.79 Å². The van der Waals surface area contributed by atoms with Crippen LogP contribution in [0.3, 0.4) is 0 Å². The number of carbonyl (C=O) groups is 2. The molecule has 6 heteroatoms. The summed E-state index contributed by atoms with van der Waals surface area (Å²) in [6.07, 6.45) is 0.824. The monoisotopic (exact) mass is 217 g/mol. The number of carboxylic acid groups (broad SMARTS) is 1. The molecular formula is C9H19N3O3. The fourth-order valence-electron chi connectivity index (χ4n) is 0.943. The summed E-state index contributed by atoms with van der Waals surface area (Å²) in [5.74, 6) is -0.914. The maximum Gasteiger partial charge on any atom is 0.314 e. The van der Waals surface area contributed by atoms with Gasteiger partial charge in [-0.2, -0.15) is 0 Å². The number of nitrogens with zero attached hydrogens (tertiary/aromatic N) is 1. The van der Waals surface area contributed by atoms with Crippen LogP contribution in [0.5, 0.6) is 0 Å². The second kappa shape index (κ2) is 8.05. The Morgan fingerprint density at radius 1 is 1.20 bits per heavy atom. The molecule has 0 aliphatic carbocycles. The molecular weight excluding hydrogens is 198 g/mol. The van der Waals surface area contributed by atoms with Crippen LogP contribution in [0.15, 0.2) is 0 Å². The molecule has 0 spiro atoms. The molecule has 0 aliphatic rings. The molecule has 0 aromatic heterocycles. The summed E-state index contributed by atoms with van der Waals surface area (Å²) < 4.78 is 0. The van der Waals surface area contributed by atoms with Crippen molar-refractivity contribution in [3.63, 3.8) is 0 Å². The SMILES string of the molecule is CN(C)CCCNC(=O)NCCC(=O)O. The standard InChI is InChI=1S/C9H19N3O3/c1-12(2)7-3-5-10-9(15)11-6-4-8(13)14/h3-7H2,1-2H3,(H,13,14)(H2,10,11,15). The third-order valence-corrected chi connectivity index (χ3v) is 1.69. The normalized spacial score (nSPS) is 10.1.